The fourth-order valence-corrected chi connectivity index (χ4v) is 2.00. The summed E-state index contributed by atoms with van der Waals surface area (Å²) in [6, 6.07) is 0. The van der Waals surface area contributed by atoms with Gasteiger partial charge in [0, 0.05) is 12.4 Å². The Morgan fingerprint density at radius 3 is 2.21 bits per heavy atom. The van der Waals surface area contributed by atoms with E-state index in [1.807, 2.05) is 0 Å². The third kappa shape index (κ3) is 5.84. The molecule has 1 fully saturated rings. The standard InChI is InChI=1S/C11H22ClNO/c12-6-10-14-11-9-13-7-4-2-1-3-5-8-13/h1-11H2. The zero-order chi connectivity index (χ0) is 10.1. The number of nitrogens with zero attached hydrogens (tertiary/aromatic N) is 1. The summed E-state index contributed by atoms with van der Waals surface area (Å²) in [4.78, 5) is 2.52. The normalized spacial score (nSPS) is 20.4. The molecule has 14 heavy (non-hydrogen) atoms. The van der Waals surface area contributed by atoms with E-state index >= 15 is 0 Å². The fourth-order valence-electron chi connectivity index (χ4n) is 1.89. The largest absolute Gasteiger partial charge is 0.379 e. The molecular weight excluding hydrogens is 198 g/mol. The van der Waals surface area contributed by atoms with E-state index in [9.17, 15) is 0 Å². The first-order valence-electron chi connectivity index (χ1n) is 5.79. The maximum Gasteiger partial charge on any atom is 0.0602 e. The van der Waals surface area contributed by atoms with Gasteiger partial charge in [-0.05, 0) is 25.9 Å². The summed E-state index contributed by atoms with van der Waals surface area (Å²) in [5.74, 6) is 0.611. The summed E-state index contributed by atoms with van der Waals surface area (Å²) in [5, 5.41) is 0. The van der Waals surface area contributed by atoms with Crippen LogP contribution < -0.4 is 0 Å². The molecule has 1 aliphatic heterocycles. The number of alkyl halides is 1. The lowest BCUT2D eigenvalue weighted by molar-refractivity contribution is 0.111. The second-order valence-electron chi connectivity index (χ2n) is 3.91. The minimum atomic E-state index is 0.611. The van der Waals surface area contributed by atoms with Crippen LogP contribution in [0.2, 0.25) is 0 Å². The van der Waals surface area contributed by atoms with E-state index in [1.54, 1.807) is 0 Å². The lowest BCUT2D eigenvalue weighted by Crippen LogP contribution is -2.30. The zero-order valence-corrected chi connectivity index (χ0v) is 9.77. The van der Waals surface area contributed by atoms with Crippen molar-refractivity contribution in [2.45, 2.75) is 32.1 Å². The van der Waals surface area contributed by atoms with Crippen LogP contribution >= 0.6 is 11.6 Å². The monoisotopic (exact) mass is 219 g/mol. The molecule has 0 amide bonds. The summed E-state index contributed by atoms with van der Waals surface area (Å²) in [6.07, 6.45) is 6.94. The van der Waals surface area contributed by atoms with Crippen molar-refractivity contribution in [3.63, 3.8) is 0 Å². The van der Waals surface area contributed by atoms with Crippen LogP contribution in [0.5, 0.6) is 0 Å². The van der Waals surface area contributed by atoms with Gasteiger partial charge in [0.25, 0.3) is 0 Å². The van der Waals surface area contributed by atoms with Crippen LogP contribution in [0.1, 0.15) is 32.1 Å². The number of likely N-dealkylation sites (tertiary alicyclic amines) is 1. The molecule has 1 heterocycles. The summed E-state index contributed by atoms with van der Waals surface area (Å²) >= 11 is 5.53. The topological polar surface area (TPSA) is 12.5 Å². The Labute approximate surface area is 92.6 Å². The fraction of sp³-hybridized carbons (Fsp3) is 1.00. The minimum absolute atomic E-state index is 0.611. The molecule has 0 aliphatic carbocycles. The van der Waals surface area contributed by atoms with Gasteiger partial charge in [0.05, 0.1) is 13.2 Å². The van der Waals surface area contributed by atoms with Crippen molar-refractivity contribution in [1.29, 1.82) is 0 Å². The van der Waals surface area contributed by atoms with Crippen LogP contribution in [0.15, 0.2) is 0 Å². The SMILES string of the molecule is ClCCOCCN1CCCCCCC1. The van der Waals surface area contributed by atoms with Gasteiger partial charge in [-0.1, -0.05) is 19.3 Å². The molecule has 3 heteroatoms. The van der Waals surface area contributed by atoms with Crippen molar-refractivity contribution < 1.29 is 4.74 Å². The Hall–Kier alpha value is 0.210. The Bertz CT molecular complexity index is 124. The molecule has 0 spiro atoms. The summed E-state index contributed by atoms with van der Waals surface area (Å²) < 4.78 is 5.38. The van der Waals surface area contributed by atoms with Gasteiger partial charge in [0.1, 0.15) is 0 Å². The molecule has 84 valence electrons. The molecule has 1 rings (SSSR count). The van der Waals surface area contributed by atoms with Crippen LogP contribution in [-0.2, 0) is 4.74 Å². The van der Waals surface area contributed by atoms with Crippen LogP contribution in [0.25, 0.3) is 0 Å². The van der Waals surface area contributed by atoms with Gasteiger partial charge in [-0.2, -0.15) is 0 Å². The molecule has 2 nitrogen and oxygen atoms in total. The number of halogens is 1. The Morgan fingerprint density at radius 1 is 0.929 bits per heavy atom. The maximum absolute atomic E-state index is 5.53. The van der Waals surface area contributed by atoms with Gasteiger partial charge in [-0.3, -0.25) is 0 Å². The summed E-state index contributed by atoms with van der Waals surface area (Å²) in [6.45, 7) is 5.12. The van der Waals surface area contributed by atoms with Crippen LogP contribution in [0, 0.1) is 0 Å². The molecule has 0 atom stereocenters. The molecule has 0 aromatic carbocycles. The van der Waals surface area contributed by atoms with Gasteiger partial charge >= 0.3 is 0 Å². The highest BCUT2D eigenvalue weighted by Gasteiger charge is 2.06. The van der Waals surface area contributed by atoms with Gasteiger partial charge < -0.3 is 9.64 Å². The van der Waals surface area contributed by atoms with E-state index < -0.39 is 0 Å². The van der Waals surface area contributed by atoms with Crippen LogP contribution in [-0.4, -0.2) is 43.6 Å². The van der Waals surface area contributed by atoms with Gasteiger partial charge in [0.15, 0.2) is 0 Å². The van der Waals surface area contributed by atoms with Crippen molar-refractivity contribution in [2.24, 2.45) is 0 Å². The molecule has 0 radical (unpaired) electrons. The third-order valence-electron chi connectivity index (χ3n) is 2.72. The highest BCUT2D eigenvalue weighted by molar-refractivity contribution is 6.17. The quantitative estimate of drug-likeness (QED) is 0.521. The first-order valence-corrected chi connectivity index (χ1v) is 6.33. The Kier molecular flexibility index (Phi) is 7.47. The number of ether oxygens (including phenoxy) is 1. The number of rotatable bonds is 5. The molecule has 1 aliphatic rings. The van der Waals surface area contributed by atoms with Crippen LogP contribution in [0.3, 0.4) is 0 Å². The second kappa shape index (κ2) is 8.51. The molecule has 0 bridgehead atoms. The van der Waals surface area contributed by atoms with E-state index in [2.05, 4.69) is 4.90 Å². The predicted octanol–water partition coefficient (Wildman–Crippen LogP) is 2.51. The zero-order valence-electron chi connectivity index (χ0n) is 9.01. The van der Waals surface area contributed by atoms with E-state index in [1.165, 1.54) is 45.2 Å². The first-order chi connectivity index (χ1) is 6.93. The average molecular weight is 220 g/mol. The lowest BCUT2D eigenvalue weighted by atomic mass is 10.1. The van der Waals surface area contributed by atoms with Crippen molar-refractivity contribution in [3.8, 4) is 0 Å². The van der Waals surface area contributed by atoms with E-state index in [0.717, 1.165) is 13.2 Å². The van der Waals surface area contributed by atoms with Crippen molar-refractivity contribution in [3.05, 3.63) is 0 Å². The smallest absolute Gasteiger partial charge is 0.0602 e. The van der Waals surface area contributed by atoms with Crippen LogP contribution in [0.4, 0.5) is 0 Å². The van der Waals surface area contributed by atoms with Crippen molar-refractivity contribution in [2.75, 3.05) is 38.7 Å². The molecule has 0 saturated carbocycles. The van der Waals surface area contributed by atoms with Crippen molar-refractivity contribution in [1.82, 2.24) is 4.90 Å². The highest BCUT2D eigenvalue weighted by atomic mass is 35.5. The average Bonchev–Trinajstić information content (AvgIpc) is 2.15. The minimum Gasteiger partial charge on any atom is -0.379 e. The molecule has 0 unspecified atom stereocenters. The molecule has 1 saturated heterocycles. The molecule has 0 N–H and O–H groups in total. The third-order valence-corrected chi connectivity index (χ3v) is 2.88. The molecule has 0 aromatic heterocycles. The van der Waals surface area contributed by atoms with Gasteiger partial charge in [-0.25, -0.2) is 0 Å². The maximum atomic E-state index is 5.53. The molecule has 0 aromatic rings. The Morgan fingerprint density at radius 2 is 1.57 bits per heavy atom. The first kappa shape index (κ1) is 12.3. The summed E-state index contributed by atoms with van der Waals surface area (Å²) in [5.41, 5.74) is 0. The Balaban J connectivity index is 2.02. The second-order valence-corrected chi connectivity index (χ2v) is 4.29. The van der Waals surface area contributed by atoms with Gasteiger partial charge in [-0.15, -0.1) is 11.6 Å². The number of hydrogen-bond donors (Lipinski definition) is 0. The van der Waals surface area contributed by atoms with Gasteiger partial charge in [0.2, 0.25) is 0 Å². The number of hydrogen-bond acceptors (Lipinski definition) is 2. The van der Waals surface area contributed by atoms with E-state index in [4.69, 9.17) is 16.3 Å². The predicted molar refractivity (Wildman–Crippen MR) is 61.1 cm³/mol. The molecular formula is C11H22ClNO. The van der Waals surface area contributed by atoms with E-state index in [0.29, 0.717) is 12.5 Å². The van der Waals surface area contributed by atoms with Crippen molar-refractivity contribution >= 4 is 11.6 Å². The highest BCUT2D eigenvalue weighted by Crippen LogP contribution is 2.09. The summed E-state index contributed by atoms with van der Waals surface area (Å²) in [7, 11) is 0. The van der Waals surface area contributed by atoms with E-state index in [-0.39, 0.29) is 0 Å². The lowest BCUT2D eigenvalue weighted by Gasteiger charge is -2.24.